The van der Waals surface area contributed by atoms with Crippen molar-refractivity contribution in [2.75, 3.05) is 0 Å². The van der Waals surface area contributed by atoms with Crippen LogP contribution in [0.4, 0.5) is 5.69 Å². The largest absolute Gasteiger partial charge is 0.238 e. The second-order valence-corrected chi connectivity index (χ2v) is 16.4. The molecule has 63 heavy (non-hydrogen) atoms. The van der Waals surface area contributed by atoms with Crippen LogP contribution in [0.3, 0.4) is 0 Å². The smallest absolute Gasteiger partial charge is 0.195 e. The molecule has 0 radical (unpaired) electrons. The van der Waals surface area contributed by atoms with E-state index in [0.29, 0.717) is 11.5 Å². The Morgan fingerprint density at radius 3 is 1.41 bits per heavy atom. The Balaban J connectivity index is 1.02. The van der Waals surface area contributed by atoms with Crippen molar-refractivity contribution in [3.05, 3.63) is 258 Å². The molecule has 0 amide bonds. The third-order valence-corrected chi connectivity index (χ3v) is 12.9. The minimum Gasteiger partial charge on any atom is -0.238 e. The highest BCUT2D eigenvalue weighted by molar-refractivity contribution is 6.00. The van der Waals surface area contributed by atoms with Crippen molar-refractivity contribution in [3.63, 3.8) is 0 Å². The Bertz CT molecular complexity index is 3350. The summed E-state index contributed by atoms with van der Waals surface area (Å²) in [6.45, 7) is 8.32. The van der Waals surface area contributed by atoms with E-state index in [1.54, 1.807) is 0 Å². The lowest BCUT2D eigenvalue weighted by atomic mass is 9.70. The molecule has 2 aliphatic carbocycles. The molecule has 2 aliphatic rings. The van der Waals surface area contributed by atoms with Gasteiger partial charge in [-0.05, 0) is 114 Å². The van der Waals surface area contributed by atoms with E-state index in [9.17, 15) is 0 Å². The number of hydrogen-bond acceptors (Lipinski definition) is 2. The van der Waals surface area contributed by atoms with Crippen LogP contribution in [0.15, 0.2) is 224 Å². The SMILES string of the molecule is [C-]#[N+]c1cccc2c1-c1cc(-c3cccc(-c4nc(-c5ccccc5)cc(-c5cc(-c6ccccc6)cc(-c6ccccc6)c5)n4)c3)ccc1C21c2ccccc2-c2ccccc21. The third-order valence-electron chi connectivity index (χ3n) is 12.9. The van der Waals surface area contributed by atoms with Crippen LogP contribution in [0.2, 0.25) is 0 Å². The fourth-order valence-corrected chi connectivity index (χ4v) is 10.1. The topological polar surface area (TPSA) is 30.1 Å². The fraction of sp³-hybridized carbons (Fsp3) is 0.0167. The molecule has 9 aromatic carbocycles. The summed E-state index contributed by atoms with van der Waals surface area (Å²) in [4.78, 5) is 14.7. The van der Waals surface area contributed by atoms with E-state index in [0.717, 1.165) is 72.6 Å². The van der Waals surface area contributed by atoms with Crippen molar-refractivity contribution >= 4 is 5.69 Å². The lowest BCUT2D eigenvalue weighted by Crippen LogP contribution is -2.25. The summed E-state index contributed by atoms with van der Waals surface area (Å²) < 4.78 is 0. The molecule has 1 aromatic heterocycles. The zero-order valence-electron chi connectivity index (χ0n) is 34.2. The van der Waals surface area contributed by atoms with Gasteiger partial charge in [0.05, 0.1) is 23.4 Å². The predicted octanol–water partition coefficient (Wildman–Crippen LogP) is 15.4. The second kappa shape index (κ2) is 14.6. The van der Waals surface area contributed by atoms with E-state index in [1.165, 1.54) is 33.4 Å². The number of hydrogen-bond donors (Lipinski definition) is 0. The van der Waals surface area contributed by atoms with Crippen molar-refractivity contribution < 1.29 is 0 Å². The van der Waals surface area contributed by atoms with E-state index in [4.69, 9.17) is 16.5 Å². The minimum atomic E-state index is -0.515. The standard InChI is InChI=1S/C60H37N3/c1-61-55-30-16-29-54-58(55)50-37-43(31-32-53(50)60(54)51-27-13-11-25-48(51)49-26-12-14-28-52(49)60)42-23-15-24-44(33-42)59-62-56(41-21-9-4-10-22-41)38-57(63-59)47-35-45(39-17-5-2-6-18-39)34-46(36-47)40-19-7-3-8-20-40/h2-38H. The van der Waals surface area contributed by atoms with Gasteiger partial charge in [-0.15, -0.1) is 0 Å². The monoisotopic (exact) mass is 799 g/mol. The molecule has 292 valence electrons. The van der Waals surface area contributed by atoms with Crippen LogP contribution >= 0.6 is 0 Å². The highest BCUT2D eigenvalue weighted by Crippen LogP contribution is 2.64. The van der Waals surface area contributed by atoms with Crippen molar-refractivity contribution in [2.45, 2.75) is 5.41 Å². The van der Waals surface area contributed by atoms with Crippen molar-refractivity contribution in [1.29, 1.82) is 0 Å². The Morgan fingerprint density at radius 2 is 0.778 bits per heavy atom. The van der Waals surface area contributed by atoms with Crippen LogP contribution in [0.25, 0.3) is 94.4 Å². The van der Waals surface area contributed by atoms with Gasteiger partial charge < -0.3 is 0 Å². The predicted molar refractivity (Wildman–Crippen MR) is 257 cm³/mol. The zero-order valence-corrected chi connectivity index (χ0v) is 34.2. The van der Waals surface area contributed by atoms with Gasteiger partial charge in [0.2, 0.25) is 0 Å². The summed E-state index contributed by atoms with van der Waals surface area (Å²) in [5.74, 6) is 0.652. The number of rotatable bonds is 6. The molecule has 0 N–H and O–H groups in total. The summed E-state index contributed by atoms with van der Waals surface area (Å²) in [7, 11) is 0. The summed E-state index contributed by atoms with van der Waals surface area (Å²) in [6.07, 6.45) is 0. The molecule has 3 nitrogen and oxygen atoms in total. The lowest BCUT2D eigenvalue weighted by molar-refractivity contribution is 0.794. The minimum absolute atomic E-state index is 0.515. The molecule has 10 aromatic rings. The van der Waals surface area contributed by atoms with E-state index in [1.807, 2.05) is 18.2 Å². The number of fused-ring (bicyclic) bond motifs is 10. The Kier molecular flexibility index (Phi) is 8.45. The van der Waals surface area contributed by atoms with Gasteiger partial charge in [0.1, 0.15) is 0 Å². The van der Waals surface area contributed by atoms with Gasteiger partial charge in [-0.1, -0.05) is 188 Å². The summed E-state index contributed by atoms with van der Waals surface area (Å²) in [6, 6.07) is 79.5. The number of benzene rings is 9. The van der Waals surface area contributed by atoms with Gasteiger partial charge in [0.25, 0.3) is 0 Å². The van der Waals surface area contributed by atoms with Crippen LogP contribution < -0.4 is 0 Å². The van der Waals surface area contributed by atoms with Gasteiger partial charge in [0.15, 0.2) is 11.5 Å². The van der Waals surface area contributed by atoms with Gasteiger partial charge in [-0.3, -0.25) is 0 Å². The van der Waals surface area contributed by atoms with E-state index in [-0.39, 0.29) is 0 Å². The molecule has 0 unspecified atom stereocenters. The maximum absolute atomic E-state index is 8.32. The average molecular weight is 800 g/mol. The number of nitrogens with zero attached hydrogens (tertiary/aromatic N) is 3. The van der Waals surface area contributed by atoms with Crippen LogP contribution in [-0.2, 0) is 5.41 Å². The molecule has 0 atom stereocenters. The van der Waals surface area contributed by atoms with Gasteiger partial charge >= 0.3 is 0 Å². The Hall–Kier alpha value is -8.45. The van der Waals surface area contributed by atoms with Crippen molar-refractivity contribution in [3.8, 4) is 89.5 Å². The first-order chi connectivity index (χ1) is 31.2. The first-order valence-corrected chi connectivity index (χ1v) is 21.3. The molecule has 0 saturated heterocycles. The normalized spacial score (nSPS) is 12.6. The molecule has 0 saturated carbocycles. The Labute approximate surface area is 367 Å². The molecule has 1 heterocycles. The maximum atomic E-state index is 8.32. The molecule has 0 bridgehead atoms. The highest BCUT2D eigenvalue weighted by Gasteiger charge is 2.52. The van der Waals surface area contributed by atoms with Crippen LogP contribution in [0, 0.1) is 6.57 Å². The quantitative estimate of drug-likeness (QED) is 0.157. The molecule has 0 aliphatic heterocycles. The van der Waals surface area contributed by atoms with Crippen LogP contribution in [0.5, 0.6) is 0 Å². The second-order valence-electron chi connectivity index (χ2n) is 16.4. The molecule has 1 spiro atoms. The van der Waals surface area contributed by atoms with Gasteiger partial charge in [-0.25, -0.2) is 14.8 Å². The zero-order chi connectivity index (χ0) is 41.9. The fourth-order valence-electron chi connectivity index (χ4n) is 10.1. The van der Waals surface area contributed by atoms with E-state index in [2.05, 4.69) is 211 Å². The van der Waals surface area contributed by atoms with Crippen molar-refractivity contribution in [2.24, 2.45) is 0 Å². The van der Waals surface area contributed by atoms with Gasteiger partial charge in [-0.2, -0.15) is 0 Å². The highest BCUT2D eigenvalue weighted by atomic mass is 14.9. The van der Waals surface area contributed by atoms with E-state index < -0.39 is 5.41 Å². The summed E-state index contributed by atoms with van der Waals surface area (Å²) in [5.41, 5.74) is 21.0. The first kappa shape index (κ1) is 36.4. The lowest BCUT2D eigenvalue weighted by Gasteiger charge is -2.30. The van der Waals surface area contributed by atoms with Gasteiger partial charge in [0, 0.05) is 16.7 Å². The Morgan fingerprint density at radius 1 is 0.317 bits per heavy atom. The first-order valence-electron chi connectivity index (χ1n) is 21.3. The average Bonchev–Trinajstić information content (AvgIpc) is 3.84. The summed E-state index contributed by atoms with van der Waals surface area (Å²) >= 11 is 0. The third kappa shape index (κ3) is 5.81. The van der Waals surface area contributed by atoms with Crippen molar-refractivity contribution in [1.82, 2.24) is 9.97 Å². The number of aromatic nitrogens is 2. The summed E-state index contributed by atoms with van der Waals surface area (Å²) in [5, 5.41) is 0. The molecule has 0 fully saturated rings. The maximum Gasteiger partial charge on any atom is 0.195 e. The molecule has 12 rings (SSSR count). The van der Waals surface area contributed by atoms with Crippen LogP contribution in [-0.4, -0.2) is 9.97 Å². The van der Waals surface area contributed by atoms with Crippen LogP contribution in [0.1, 0.15) is 22.3 Å². The molecular weight excluding hydrogens is 763 g/mol. The van der Waals surface area contributed by atoms with E-state index >= 15 is 0 Å². The molecule has 3 heteroatoms. The molecular formula is C60H37N3.